The van der Waals surface area contributed by atoms with Gasteiger partial charge >= 0.3 is 0 Å². The molecule has 0 saturated heterocycles. The molecule has 1 aliphatic carbocycles. The molecule has 1 heterocycles. The Morgan fingerprint density at radius 1 is 1.39 bits per heavy atom. The lowest BCUT2D eigenvalue weighted by Gasteiger charge is -1.99. The lowest BCUT2D eigenvalue weighted by atomic mass is 10.1. The van der Waals surface area contributed by atoms with E-state index in [2.05, 4.69) is 31.2 Å². The van der Waals surface area contributed by atoms with Crippen molar-refractivity contribution in [3.8, 4) is 10.6 Å². The molecule has 1 aromatic heterocycles. The molecule has 2 aromatic rings. The van der Waals surface area contributed by atoms with E-state index in [9.17, 15) is 0 Å². The number of aryl methyl sites for hydroxylation is 1. The normalized spacial score (nSPS) is 14.3. The van der Waals surface area contributed by atoms with Crippen LogP contribution in [0, 0.1) is 6.92 Å². The van der Waals surface area contributed by atoms with Crippen LogP contribution in [0.25, 0.3) is 10.6 Å². The summed E-state index contributed by atoms with van der Waals surface area (Å²) in [5, 5.41) is 1.14. The van der Waals surface area contributed by atoms with Crippen molar-refractivity contribution < 1.29 is 0 Å². The minimum Gasteiger partial charge on any atom is -0.326 e. The Morgan fingerprint density at radius 3 is 2.83 bits per heavy atom. The maximum Gasteiger partial charge on any atom is 0.123 e. The molecule has 2 N–H and O–H groups in total. The van der Waals surface area contributed by atoms with E-state index in [1.807, 2.05) is 0 Å². The van der Waals surface area contributed by atoms with Crippen molar-refractivity contribution in [2.24, 2.45) is 5.73 Å². The first-order valence-electron chi connectivity index (χ1n) is 6.04. The van der Waals surface area contributed by atoms with E-state index in [1.54, 1.807) is 11.3 Å². The Labute approximate surface area is 118 Å². The van der Waals surface area contributed by atoms with E-state index in [4.69, 9.17) is 10.7 Å². The van der Waals surface area contributed by atoms with Crippen molar-refractivity contribution >= 4 is 23.7 Å². The third kappa shape index (κ3) is 2.58. The predicted octanol–water partition coefficient (Wildman–Crippen LogP) is 3.88. The summed E-state index contributed by atoms with van der Waals surface area (Å²) in [4.78, 5) is 6.17. The number of thiazole rings is 1. The second-order valence-corrected chi connectivity index (χ2v) is 5.84. The average molecular weight is 281 g/mol. The number of nitrogens with two attached hydrogens (primary N) is 1. The first-order valence-corrected chi connectivity index (χ1v) is 6.86. The number of hydrogen-bond donors (Lipinski definition) is 1. The average Bonchev–Trinajstić information content (AvgIpc) is 3.13. The van der Waals surface area contributed by atoms with E-state index in [0.717, 1.165) is 10.9 Å². The van der Waals surface area contributed by atoms with Gasteiger partial charge in [0.25, 0.3) is 0 Å². The lowest BCUT2D eigenvalue weighted by molar-refractivity contribution is 1.03. The Morgan fingerprint density at radius 2 is 2.17 bits per heavy atom. The van der Waals surface area contributed by atoms with Gasteiger partial charge < -0.3 is 5.73 Å². The molecule has 4 heteroatoms. The maximum atomic E-state index is 5.67. The molecule has 18 heavy (non-hydrogen) atoms. The van der Waals surface area contributed by atoms with E-state index >= 15 is 0 Å². The van der Waals surface area contributed by atoms with Gasteiger partial charge in [-0.1, -0.05) is 18.2 Å². The Hall–Kier alpha value is -0.900. The van der Waals surface area contributed by atoms with Gasteiger partial charge in [-0.05, 0) is 31.4 Å². The standard InChI is InChI=1S/C14H16N2S.ClH/c1-9-13(11-5-6-11)16-14(17-9)12-4-2-3-10(7-12)8-15;/h2-4,7,11H,5-6,8,15H2,1H3;1H. The molecule has 0 radical (unpaired) electrons. The molecular weight excluding hydrogens is 264 g/mol. The number of rotatable bonds is 3. The number of hydrogen-bond acceptors (Lipinski definition) is 3. The molecule has 1 aromatic carbocycles. The van der Waals surface area contributed by atoms with Crippen LogP contribution in [0.4, 0.5) is 0 Å². The van der Waals surface area contributed by atoms with Crippen molar-refractivity contribution in [1.82, 2.24) is 4.98 Å². The van der Waals surface area contributed by atoms with Gasteiger partial charge in [0.05, 0.1) is 5.69 Å². The highest BCUT2D eigenvalue weighted by atomic mass is 35.5. The summed E-state index contributed by atoms with van der Waals surface area (Å²) in [6, 6.07) is 8.39. The van der Waals surface area contributed by atoms with Crippen molar-refractivity contribution in [3.05, 3.63) is 40.4 Å². The summed E-state index contributed by atoms with van der Waals surface area (Å²) in [6.45, 7) is 2.77. The molecule has 0 amide bonds. The fourth-order valence-electron chi connectivity index (χ4n) is 2.10. The first-order chi connectivity index (χ1) is 8.28. The van der Waals surface area contributed by atoms with Gasteiger partial charge in [-0.25, -0.2) is 4.98 Å². The van der Waals surface area contributed by atoms with Crippen LogP contribution in [-0.4, -0.2) is 4.98 Å². The zero-order chi connectivity index (χ0) is 11.8. The van der Waals surface area contributed by atoms with Gasteiger partial charge in [-0.2, -0.15) is 0 Å². The van der Waals surface area contributed by atoms with Crippen LogP contribution in [0.15, 0.2) is 24.3 Å². The fourth-order valence-corrected chi connectivity index (χ4v) is 3.09. The van der Waals surface area contributed by atoms with Crippen LogP contribution in [0.1, 0.15) is 34.9 Å². The SMILES string of the molecule is Cc1sc(-c2cccc(CN)c2)nc1C1CC1.Cl. The molecular formula is C14H17ClN2S. The number of halogens is 1. The van der Waals surface area contributed by atoms with Crippen LogP contribution >= 0.6 is 23.7 Å². The molecule has 0 aliphatic heterocycles. The summed E-state index contributed by atoms with van der Waals surface area (Å²) < 4.78 is 0. The molecule has 0 atom stereocenters. The fraction of sp³-hybridized carbons (Fsp3) is 0.357. The molecule has 1 aliphatic rings. The molecule has 1 saturated carbocycles. The van der Waals surface area contributed by atoms with Crippen LogP contribution in [0.2, 0.25) is 0 Å². The number of nitrogens with zero attached hydrogens (tertiary/aromatic N) is 1. The number of benzene rings is 1. The van der Waals surface area contributed by atoms with Crippen molar-refractivity contribution in [2.75, 3.05) is 0 Å². The highest BCUT2D eigenvalue weighted by Crippen LogP contribution is 2.43. The monoisotopic (exact) mass is 280 g/mol. The largest absolute Gasteiger partial charge is 0.326 e. The molecule has 2 nitrogen and oxygen atoms in total. The van der Waals surface area contributed by atoms with E-state index in [1.165, 1.54) is 34.5 Å². The molecule has 0 spiro atoms. The van der Waals surface area contributed by atoms with Crippen molar-refractivity contribution in [3.63, 3.8) is 0 Å². The van der Waals surface area contributed by atoms with Gasteiger partial charge in [0.1, 0.15) is 5.01 Å². The van der Waals surface area contributed by atoms with E-state index < -0.39 is 0 Å². The van der Waals surface area contributed by atoms with Gasteiger partial charge in [-0.15, -0.1) is 23.7 Å². The Bertz CT molecular complexity index is 546. The molecule has 1 fully saturated rings. The Balaban J connectivity index is 0.00000120. The third-order valence-corrected chi connectivity index (χ3v) is 4.24. The van der Waals surface area contributed by atoms with Gasteiger partial charge in [0.2, 0.25) is 0 Å². The van der Waals surface area contributed by atoms with Crippen LogP contribution < -0.4 is 5.73 Å². The van der Waals surface area contributed by atoms with Crippen LogP contribution in [-0.2, 0) is 6.54 Å². The third-order valence-electron chi connectivity index (χ3n) is 3.21. The summed E-state index contributed by atoms with van der Waals surface area (Å²) >= 11 is 1.80. The van der Waals surface area contributed by atoms with Gasteiger partial charge in [-0.3, -0.25) is 0 Å². The minimum absolute atomic E-state index is 0. The second-order valence-electron chi connectivity index (χ2n) is 4.64. The summed E-state index contributed by atoms with van der Waals surface area (Å²) in [6.07, 6.45) is 2.62. The smallest absolute Gasteiger partial charge is 0.123 e. The second kappa shape index (κ2) is 5.39. The first kappa shape index (κ1) is 13.5. The molecule has 96 valence electrons. The van der Waals surface area contributed by atoms with Gasteiger partial charge in [0.15, 0.2) is 0 Å². The number of aromatic nitrogens is 1. The zero-order valence-electron chi connectivity index (χ0n) is 10.3. The van der Waals surface area contributed by atoms with Crippen LogP contribution in [0.3, 0.4) is 0 Å². The zero-order valence-corrected chi connectivity index (χ0v) is 12.0. The Kier molecular flexibility index (Phi) is 4.05. The summed E-state index contributed by atoms with van der Waals surface area (Å²) in [5.74, 6) is 0.734. The van der Waals surface area contributed by atoms with Crippen LogP contribution in [0.5, 0.6) is 0 Å². The summed E-state index contributed by atoms with van der Waals surface area (Å²) in [5.41, 5.74) is 9.37. The lowest BCUT2D eigenvalue weighted by Crippen LogP contribution is -1.95. The summed E-state index contributed by atoms with van der Waals surface area (Å²) in [7, 11) is 0. The predicted molar refractivity (Wildman–Crippen MR) is 79.4 cm³/mol. The van der Waals surface area contributed by atoms with E-state index in [-0.39, 0.29) is 12.4 Å². The highest BCUT2D eigenvalue weighted by Gasteiger charge is 2.28. The van der Waals surface area contributed by atoms with Crippen molar-refractivity contribution in [2.45, 2.75) is 32.2 Å². The molecule has 0 bridgehead atoms. The quantitative estimate of drug-likeness (QED) is 0.927. The molecule has 0 unspecified atom stereocenters. The minimum atomic E-state index is 0. The highest BCUT2D eigenvalue weighted by molar-refractivity contribution is 7.15. The molecule has 3 rings (SSSR count). The topological polar surface area (TPSA) is 38.9 Å². The maximum absolute atomic E-state index is 5.67. The van der Waals surface area contributed by atoms with E-state index in [0.29, 0.717) is 6.54 Å². The van der Waals surface area contributed by atoms with Crippen molar-refractivity contribution in [1.29, 1.82) is 0 Å². The van der Waals surface area contributed by atoms with Gasteiger partial charge in [0, 0.05) is 22.9 Å².